The van der Waals surface area contributed by atoms with Crippen LogP contribution in [-0.4, -0.2) is 15.8 Å². The molecule has 3 heteroatoms. The van der Waals surface area contributed by atoms with Gasteiger partial charge in [-0.1, -0.05) is 31.2 Å². The summed E-state index contributed by atoms with van der Waals surface area (Å²) in [5, 5.41) is 1.03. The minimum Gasteiger partial charge on any atom is -0.292 e. The fourth-order valence-corrected chi connectivity index (χ4v) is 2.40. The van der Waals surface area contributed by atoms with Crippen molar-refractivity contribution in [1.82, 2.24) is 9.97 Å². The summed E-state index contributed by atoms with van der Waals surface area (Å²) in [6, 6.07) is 15.4. The van der Waals surface area contributed by atoms with E-state index in [1.165, 1.54) is 0 Å². The highest BCUT2D eigenvalue weighted by Gasteiger charge is 2.11. The predicted molar refractivity (Wildman–Crippen MR) is 83.4 cm³/mol. The molecule has 0 bridgehead atoms. The Morgan fingerprint density at radius 2 is 1.90 bits per heavy atom. The van der Waals surface area contributed by atoms with Crippen LogP contribution in [0.1, 0.15) is 28.7 Å². The van der Waals surface area contributed by atoms with E-state index in [1.54, 1.807) is 12.3 Å². The molecule has 21 heavy (non-hydrogen) atoms. The molecule has 1 aromatic carbocycles. The zero-order valence-electron chi connectivity index (χ0n) is 11.9. The zero-order valence-corrected chi connectivity index (χ0v) is 11.9. The summed E-state index contributed by atoms with van der Waals surface area (Å²) in [7, 11) is 0. The average molecular weight is 276 g/mol. The predicted octanol–water partition coefficient (Wildman–Crippen LogP) is 3.62. The number of hydrogen-bond donors (Lipinski definition) is 0. The number of benzene rings is 1. The smallest absolute Gasteiger partial charge is 0.185 e. The molecule has 0 saturated carbocycles. The number of para-hydroxylation sites is 1. The van der Waals surface area contributed by atoms with Gasteiger partial charge in [-0.25, -0.2) is 4.98 Å². The maximum Gasteiger partial charge on any atom is 0.185 e. The SMILES string of the molecule is CCc1cccc(C(=O)Cc2ccnc3ccccc23)n1. The second kappa shape index (κ2) is 5.83. The second-order valence-corrected chi connectivity index (χ2v) is 4.95. The fraction of sp³-hybridized carbons (Fsp3) is 0.167. The quantitative estimate of drug-likeness (QED) is 0.683. The van der Waals surface area contributed by atoms with Crippen LogP contribution in [0.15, 0.2) is 54.7 Å². The Bertz CT molecular complexity index is 791. The van der Waals surface area contributed by atoms with Gasteiger partial charge in [-0.15, -0.1) is 0 Å². The number of aromatic nitrogens is 2. The Labute approximate surface area is 123 Å². The minimum atomic E-state index is 0.0432. The van der Waals surface area contributed by atoms with Gasteiger partial charge in [0.15, 0.2) is 5.78 Å². The number of hydrogen-bond acceptors (Lipinski definition) is 3. The second-order valence-electron chi connectivity index (χ2n) is 4.95. The maximum atomic E-state index is 12.4. The van der Waals surface area contributed by atoms with Crippen molar-refractivity contribution in [1.29, 1.82) is 0 Å². The molecule has 0 radical (unpaired) electrons. The van der Waals surface area contributed by atoms with Gasteiger partial charge in [-0.2, -0.15) is 0 Å². The van der Waals surface area contributed by atoms with Crippen molar-refractivity contribution in [3.05, 3.63) is 71.7 Å². The van der Waals surface area contributed by atoms with Gasteiger partial charge >= 0.3 is 0 Å². The van der Waals surface area contributed by atoms with E-state index in [2.05, 4.69) is 9.97 Å². The maximum absolute atomic E-state index is 12.4. The van der Waals surface area contributed by atoms with Gasteiger partial charge in [0.25, 0.3) is 0 Å². The highest BCUT2D eigenvalue weighted by atomic mass is 16.1. The molecule has 0 unspecified atom stereocenters. The number of aryl methyl sites for hydroxylation is 1. The standard InChI is InChI=1S/C18H16N2O/c1-2-14-6-5-9-17(20-14)18(21)12-13-10-11-19-16-8-4-3-7-15(13)16/h3-11H,2,12H2,1H3. The third-order valence-electron chi connectivity index (χ3n) is 3.55. The monoisotopic (exact) mass is 276 g/mol. The molecule has 3 aromatic rings. The largest absolute Gasteiger partial charge is 0.292 e. The van der Waals surface area contributed by atoms with Crippen LogP contribution in [0.3, 0.4) is 0 Å². The number of Topliss-reactive ketones (excluding diaryl/α,β-unsaturated/α-hetero) is 1. The Morgan fingerprint density at radius 3 is 2.76 bits per heavy atom. The number of carbonyl (C=O) groups is 1. The van der Waals surface area contributed by atoms with Gasteiger partial charge < -0.3 is 0 Å². The van der Waals surface area contributed by atoms with Crippen LogP contribution in [0, 0.1) is 0 Å². The first-order valence-corrected chi connectivity index (χ1v) is 7.09. The third-order valence-corrected chi connectivity index (χ3v) is 3.55. The van der Waals surface area contributed by atoms with Crippen molar-refractivity contribution >= 4 is 16.7 Å². The fourth-order valence-electron chi connectivity index (χ4n) is 2.40. The van der Waals surface area contributed by atoms with Crippen molar-refractivity contribution in [2.45, 2.75) is 19.8 Å². The Morgan fingerprint density at radius 1 is 1.05 bits per heavy atom. The van der Waals surface area contributed by atoms with E-state index >= 15 is 0 Å². The summed E-state index contributed by atoms with van der Waals surface area (Å²) >= 11 is 0. The zero-order chi connectivity index (χ0) is 14.7. The van der Waals surface area contributed by atoms with Crippen LogP contribution >= 0.6 is 0 Å². The Kier molecular flexibility index (Phi) is 3.73. The van der Waals surface area contributed by atoms with E-state index in [9.17, 15) is 4.79 Å². The molecule has 0 fully saturated rings. The Hall–Kier alpha value is -2.55. The first kappa shape index (κ1) is 13.4. The first-order chi connectivity index (χ1) is 10.3. The highest BCUT2D eigenvalue weighted by Crippen LogP contribution is 2.18. The van der Waals surface area contributed by atoms with Gasteiger partial charge in [-0.05, 0) is 36.2 Å². The molecule has 0 saturated heterocycles. The molecule has 0 N–H and O–H groups in total. The lowest BCUT2D eigenvalue weighted by Crippen LogP contribution is -2.07. The van der Waals surface area contributed by atoms with Gasteiger partial charge in [-0.3, -0.25) is 9.78 Å². The van der Waals surface area contributed by atoms with Gasteiger partial charge in [0.05, 0.1) is 5.52 Å². The van der Waals surface area contributed by atoms with Gasteiger partial charge in [0.2, 0.25) is 0 Å². The number of pyridine rings is 2. The van der Waals surface area contributed by atoms with E-state index in [-0.39, 0.29) is 5.78 Å². The molecule has 3 rings (SSSR count). The molecule has 0 aliphatic heterocycles. The summed E-state index contributed by atoms with van der Waals surface area (Å²) in [5.74, 6) is 0.0432. The van der Waals surface area contributed by atoms with Crippen molar-refractivity contribution < 1.29 is 4.79 Å². The highest BCUT2D eigenvalue weighted by molar-refractivity contribution is 5.98. The van der Waals surface area contributed by atoms with E-state index < -0.39 is 0 Å². The third kappa shape index (κ3) is 2.82. The van der Waals surface area contributed by atoms with E-state index in [1.807, 2.05) is 49.4 Å². The number of nitrogens with zero attached hydrogens (tertiary/aromatic N) is 2. The van der Waals surface area contributed by atoms with Gasteiger partial charge in [0, 0.05) is 23.7 Å². The molecular formula is C18H16N2O. The van der Waals surface area contributed by atoms with E-state index in [0.29, 0.717) is 12.1 Å². The number of fused-ring (bicyclic) bond motifs is 1. The number of carbonyl (C=O) groups excluding carboxylic acids is 1. The topological polar surface area (TPSA) is 42.9 Å². The first-order valence-electron chi connectivity index (χ1n) is 7.09. The summed E-state index contributed by atoms with van der Waals surface area (Å²) in [6.45, 7) is 2.03. The lowest BCUT2D eigenvalue weighted by Gasteiger charge is -2.06. The molecular weight excluding hydrogens is 260 g/mol. The molecule has 2 aromatic heterocycles. The summed E-state index contributed by atoms with van der Waals surface area (Å²) in [6.07, 6.45) is 2.93. The lowest BCUT2D eigenvalue weighted by atomic mass is 10.0. The minimum absolute atomic E-state index is 0.0432. The van der Waals surface area contributed by atoms with Crippen LogP contribution < -0.4 is 0 Å². The number of rotatable bonds is 4. The van der Waals surface area contributed by atoms with E-state index in [4.69, 9.17) is 0 Å². The normalized spacial score (nSPS) is 10.7. The van der Waals surface area contributed by atoms with Crippen molar-refractivity contribution in [3.8, 4) is 0 Å². The molecule has 104 valence electrons. The molecule has 0 amide bonds. The van der Waals surface area contributed by atoms with Crippen LogP contribution in [0.25, 0.3) is 10.9 Å². The van der Waals surface area contributed by atoms with Crippen LogP contribution in [0.4, 0.5) is 0 Å². The molecule has 0 atom stereocenters. The lowest BCUT2D eigenvalue weighted by molar-refractivity contribution is 0.0988. The molecule has 0 aliphatic carbocycles. The molecule has 0 spiro atoms. The van der Waals surface area contributed by atoms with Crippen LogP contribution in [0.2, 0.25) is 0 Å². The molecule has 0 aliphatic rings. The van der Waals surface area contributed by atoms with Crippen molar-refractivity contribution in [3.63, 3.8) is 0 Å². The van der Waals surface area contributed by atoms with Gasteiger partial charge in [0.1, 0.15) is 5.69 Å². The summed E-state index contributed by atoms with van der Waals surface area (Å²) in [4.78, 5) is 21.2. The van der Waals surface area contributed by atoms with Crippen molar-refractivity contribution in [2.75, 3.05) is 0 Å². The van der Waals surface area contributed by atoms with Crippen molar-refractivity contribution in [2.24, 2.45) is 0 Å². The molecule has 2 heterocycles. The van der Waals surface area contributed by atoms with Crippen LogP contribution in [0.5, 0.6) is 0 Å². The molecule has 3 nitrogen and oxygen atoms in total. The van der Waals surface area contributed by atoms with E-state index in [0.717, 1.165) is 28.6 Å². The summed E-state index contributed by atoms with van der Waals surface area (Å²) < 4.78 is 0. The van der Waals surface area contributed by atoms with Crippen LogP contribution in [-0.2, 0) is 12.8 Å². The summed E-state index contributed by atoms with van der Waals surface area (Å²) in [5.41, 5.74) is 3.39. The number of ketones is 1. The average Bonchev–Trinajstić information content (AvgIpc) is 2.55. The Balaban J connectivity index is 1.93.